The Morgan fingerprint density at radius 1 is 0.727 bits per heavy atom. The smallest absolute Gasteiger partial charge is 0.330 e. The summed E-state index contributed by atoms with van der Waals surface area (Å²) in [6.07, 6.45) is 7.63. The molecule has 0 aromatic heterocycles. The lowest BCUT2D eigenvalue weighted by molar-refractivity contribution is -0.145. The summed E-state index contributed by atoms with van der Waals surface area (Å²) < 4.78 is 11.3. The summed E-state index contributed by atoms with van der Waals surface area (Å²) >= 11 is 0. The lowest BCUT2D eigenvalue weighted by Gasteiger charge is -2.37. The van der Waals surface area contributed by atoms with Gasteiger partial charge in [0, 0.05) is 24.0 Å². The van der Waals surface area contributed by atoms with Crippen LogP contribution in [0.3, 0.4) is 0 Å². The lowest BCUT2D eigenvalue weighted by atomic mass is 9.70. The third-order valence-electron chi connectivity index (χ3n) is 7.63. The number of fused-ring (bicyclic) bond motifs is 2. The Bertz CT molecular complexity index is 913. The summed E-state index contributed by atoms with van der Waals surface area (Å²) in [5.41, 5.74) is 1.93. The highest BCUT2D eigenvalue weighted by molar-refractivity contribution is 5.87. The van der Waals surface area contributed by atoms with Crippen LogP contribution in [0.2, 0.25) is 0 Å². The van der Waals surface area contributed by atoms with E-state index in [9.17, 15) is 9.59 Å². The largest absolute Gasteiger partial charge is 0.462 e. The van der Waals surface area contributed by atoms with Gasteiger partial charge in [-0.05, 0) is 53.4 Å². The molecule has 0 radical (unpaired) electrons. The van der Waals surface area contributed by atoms with Gasteiger partial charge >= 0.3 is 11.9 Å². The first kappa shape index (κ1) is 23.0. The van der Waals surface area contributed by atoms with Crippen LogP contribution in [0.1, 0.15) is 31.4 Å². The van der Waals surface area contributed by atoms with Crippen LogP contribution in [-0.2, 0) is 19.1 Å². The zero-order valence-corrected chi connectivity index (χ0v) is 19.3. The SMILES string of the molecule is CC1C(C)C2CC1C(COC(=O)C=Cc1ccccc1)C2COC(=O)C=Cc1ccccc1. The number of hydrogen-bond donors (Lipinski definition) is 0. The minimum atomic E-state index is -0.330. The minimum Gasteiger partial charge on any atom is -0.462 e. The maximum absolute atomic E-state index is 12.3. The van der Waals surface area contributed by atoms with Gasteiger partial charge in [-0.3, -0.25) is 0 Å². The Hall–Kier alpha value is -3.14. The summed E-state index contributed by atoms with van der Waals surface area (Å²) in [7, 11) is 0. The molecule has 2 saturated carbocycles. The van der Waals surface area contributed by atoms with E-state index in [1.54, 1.807) is 12.2 Å². The van der Waals surface area contributed by atoms with Crippen molar-refractivity contribution in [1.29, 1.82) is 0 Å². The quantitative estimate of drug-likeness (QED) is 0.390. The molecule has 2 bridgehead atoms. The number of hydrogen-bond acceptors (Lipinski definition) is 4. The third-order valence-corrected chi connectivity index (χ3v) is 7.63. The first-order valence-corrected chi connectivity index (χ1v) is 11.8. The van der Waals surface area contributed by atoms with Crippen molar-refractivity contribution in [3.8, 4) is 0 Å². The number of esters is 2. The molecule has 2 aromatic rings. The monoisotopic (exact) mass is 444 g/mol. The molecule has 0 spiro atoms. The van der Waals surface area contributed by atoms with Crippen LogP contribution < -0.4 is 0 Å². The maximum Gasteiger partial charge on any atom is 0.330 e. The van der Waals surface area contributed by atoms with Crippen molar-refractivity contribution in [2.75, 3.05) is 13.2 Å². The molecular weight excluding hydrogens is 412 g/mol. The van der Waals surface area contributed by atoms with E-state index in [1.807, 2.05) is 60.7 Å². The van der Waals surface area contributed by atoms with Gasteiger partial charge in [0.25, 0.3) is 0 Å². The fourth-order valence-corrected chi connectivity index (χ4v) is 5.69. The van der Waals surface area contributed by atoms with E-state index in [1.165, 1.54) is 12.2 Å². The first-order valence-electron chi connectivity index (χ1n) is 11.8. The van der Waals surface area contributed by atoms with Crippen LogP contribution in [0.15, 0.2) is 72.8 Å². The van der Waals surface area contributed by atoms with Crippen LogP contribution in [0, 0.1) is 35.5 Å². The minimum absolute atomic E-state index is 0.223. The molecule has 33 heavy (non-hydrogen) atoms. The van der Waals surface area contributed by atoms with Crippen molar-refractivity contribution in [3.63, 3.8) is 0 Å². The molecule has 4 rings (SSSR count). The highest BCUT2D eigenvalue weighted by atomic mass is 16.5. The summed E-state index contributed by atoms with van der Waals surface area (Å²) in [6.45, 7) is 5.34. The first-order chi connectivity index (χ1) is 16.0. The van der Waals surface area contributed by atoms with Crippen molar-refractivity contribution in [2.45, 2.75) is 20.3 Å². The predicted molar refractivity (Wildman–Crippen MR) is 130 cm³/mol. The molecule has 6 atom stereocenters. The van der Waals surface area contributed by atoms with Gasteiger partial charge in [0.2, 0.25) is 0 Å². The maximum atomic E-state index is 12.3. The van der Waals surface area contributed by atoms with Gasteiger partial charge in [-0.1, -0.05) is 74.5 Å². The molecule has 0 saturated heterocycles. The van der Waals surface area contributed by atoms with Gasteiger partial charge in [0.05, 0.1) is 13.2 Å². The Labute approximate surface area is 196 Å². The molecule has 0 aliphatic heterocycles. The standard InChI is InChI=1S/C29H32O4/c1-20-21(2)25-17-24(20)26(18-32-28(30)15-13-22-9-5-3-6-10-22)27(25)19-33-29(31)16-14-23-11-7-4-8-12-23/h3-16,20-21,24-27H,17-19H2,1-2H3. The van der Waals surface area contributed by atoms with E-state index in [0.717, 1.165) is 17.5 Å². The van der Waals surface area contributed by atoms with Gasteiger partial charge < -0.3 is 9.47 Å². The van der Waals surface area contributed by atoms with E-state index < -0.39 is 0 Å². The van der Waals surface area contributed by atoms with Crippen molar-refractivity contribution >= 4 is 24.1 Å². The highest BCUT2D eigenvalue weighted by Gasteiger charge is 2.55. The van der Waals surface area contributed by atoms with Gasteiger partial charge in [-0.2, -0.15) is 0 Å². The highest BCUT2D eigenvalue weighted by Crippen LogP contribution is 2.58. The average molecular weight is 445 g/mol. The van der Waals surface area contributed by atoms with Gasteiger partial charge in [0.1, 0.15) is 0 Å². The second-order valence-corrected chi connectivity index (χ2v) is 9.36. The zero-order chi connectivity index (χ0) is 23.2. The summed E-state index contributed by atoms with van der Waals surface area (Å²) in [5.74, 6) is 1.96. The van der Waals surface area contributed by atoms with E-state index in [2.05, 4.69) is 13.8 Å². The van der Waals surface area contributed by atoms with Gasteiger partial charge in [0.15, 0.2) is 0 Å². The second-order valence-electron chi connectivity index (χ2n) is 9.36. The van der Waals surface area contributed by atoms with Crippen molar-refractivity contribution < 1.29 is 19.1 Å². The molecular formula is C29H32O4. The third kappa shape index (κ3) is 5.62. The number of rotatable bonds is 8. The molecule has 4 nitrogen and oxygen atoms in total. The molecule has 0 heterocycles. The van der Waals surface area contributed by atoms with Crippen molar-refractivity contribution in [1.82, 2.24) is 0 Å². The molecule has 0 N–H and O–H groups in total. The number of ether oxygens (including phenoxy) is 2. The summed E-state index contributed by atoms with van der Waals surface area (Å²) in [6, 6.07) is 19.4. The van der Waals surface area contributed by atoms with Crippen LogP contribution >= 0.6 is 0 Å². The number of carbonyl (C=O) groups is 2. The van der Waals surface area contributed by atoms with E-state index >= 15 is 0 Å². The Morgan fingerprint density at radius 2 is 1.12 bits per heavy atom. The molecule has 172 valence electrons. The van der Waals surface area contributed by atoms with Gasteiger partial charge in [-0.25, -0.2) is 9.59 Å². The lowest BCUT2D eigenvalue weighted by Crippen LogP contribution is -2.38. The second kappa shape index (κ2) is 10.7. The predicted octanol–water partition coefficient (Wildman–Crippen LogP) is 5.65. The summed E-state index contributed by atoms with van der Waals surface area (Å²) in [4.78, 5) is 24.6. The zero-order valence-electron chi connectivity index (χ0n) is 19.3. The van der Waals surface area contributed by atoms with Crippen LogP contribution in [0.5, 0.6) is 0 Å². The molecule has 2 aromatic carbocycles. The Kier molecular flexibility index (Phi) is 7.43. The average Bonchev–Trinajstić information content (AvgIpc) is 3.35. The molecule has 2 aliphatic rings. The van der Waals surface area contributed by atoms with Gasteiger partial charge in [-0.15, -0.1) is 0 Å². The van der Waals surface area contributed by atoms with E-state index in [-0.39, 0.29) is 23.8 Å². The van der Waals surface area contributed by atoms with Crippen molar-refractivity contribution in [2.24, 2.45) is 35.5 Å². The fraction of sp³-hybridized carbons (Fsp3) is 0.379. The van der Waals surface area contributed by atoms with Crippen LogP contribution in [-0.4, -0.2) is 25.2 Å². The molecule has 0 amide bonds. The molecule has 6 unspecified atom stereocenters. The topological polar surface area (TPSA) is 52.6 Å². The fourth-order valence-electron chi connectivity index (χ4n) is 5.69. The Balaban J connectivity index is 1.33. The van der Waals surface area contributed by atoms with Crippen LogP contribution in [0.25, 0.3) is 12.2 Å². The molecule has 4 heteroatoms. The molecule has 2 fully saturated rings. The normalized spacial score (nSPS) is 28.4. The van der Waals surface area contributed by atoms with E-state index in [0.29, 0.717) is 36.9 Å². The summed E-state index contributed by atoms with van der Waals surface area (Å²) in [5, 5.41) is 0. The van der Waals surface area contributed by atoms with E-state index in [4.69, 9.17) is 9.47 Å². The van der Waals surface area contributed by atoms with Crippen LogP contribution in [0.4, 0.5) is 0 Å². The molecule has 2 aliphatic carbocycles. The Morgan fingerprint density at radius 3 is 1.52 bits per heavy atom. The number of carbonyl (C=O) groups excluding carboxylic acids is 2. The van der Waals surface area contributed by atoms with Crippen molar-refractivity contribution in [3.05, 3.63) is 83.9 Å². The number of benzene rings is 2.